The Morgan fingerprint density at radius 2 is 1.62 bits per heavy atom. The molecule has 0 aromatic heterocycles. The van der Waals surface area contributed by atoms with Gasteiger partial charge in [-0.2, -0.15) is 0 Å². The molecule has 2 heteroatoms. The van der Waals surface area contributed by atoms with Crippen molar-refractivity contribution >= 4 is 11.5 Å². The zero-order chi connectivity index (χ0) is 17.0. The number of rotatable bonds is 5. The Hall–Kier alpha value is -0.920. The lowest BCUT2D eigenvalue weighted by molar-refractivity contribution is -0.119. The monoisotopic (exact) mass is 295 g/mol. The average molecular weight is 296 g/mol. The molecule has 0 bridgehead atoms. The van der Waals surface area contributed by atoms with Crippen molar-refractivity contribution in [1.29, 1.82) is 0 Å². The van der Waals surface area contributed by atoms with Crippen LogP contribution >= 0.6 is 0 Å². The number of aliphatic imine (C=N–C) groups is 1. The van der Waals surface area contributed by atoms with Gasteiger partial charge in [-0.15, -0.1) is 0 Å². The highest BCUT2D eigenvalue weighted by Gasteiger charge is 2.23. The summed E-state index contributed by atoms with van der Waals surface area (Å²) in [5.41, 5.74) is 3.94. The fraction of sp³-hybridized carbons (Fsp3) is 0.789. The number of Topliss-reactive ketones (excluding diaryl/α,β-unsaturated/α-hetero) is 1. The third-order valence-electron chi connectivity index (χ3n) is 3.45. The first-order valence-electron chi connectivity index (χ1n) is 8.46. The number of hydrogen-bond acceptors (Lipinski definition) is 2. The maximum absolute atomic E-state index is 10.7. The van der Waals surface area contributed by atoms with Gasteiger partial charge in [0.1, 0.15) is 5.78 Å². The van der Waals surface area contributed by atoms with E-state index in [1.165, 1.54) is 29.7 Å². The van der Waals surface area contributed by atoms with Crippen LogP contribution in [0.15, 0.2) is 16.1 Å². The predicted octanol–water partition coefficient (Wildman–Crippen LogP) is 5.86. The maximum atomic E-state index is 10.7. The summed E-state index contributed by atoms with van der Waals surface area (Å²) in [6.07, 6.45) is 4.18. The van der Waals surface area contributed by atoms with E-state index in [1.54, 1.807) is 0 Å². The standard InChI is InChI=1S/C10H19N.C7H12O.C2H6/c1-7(2)10(8(3)4)9(5)11-6;1-2-7(8)5-6-3-4-6;1-2/h7H,1-6H3;6H,2-5H2,1H3;1-2H3. The van der Waals surface area contributed by atoms with Gasteiger partial charge in [0, 0.05) is 25.6 Å². The van der Waals surface area contributed by atoms with E-state index in [4.69, 9.17) is 0 Å². The molecule has 0 aromatic carbocycles. The Morgan fingerprint density at radius 1 is 1.14 bits per heavy atom. The van der Waals surface area contributed by atoms with Crippen molar-refractivity contribution in [3.8, 4) is 0 Å². The quantitative estimate of drug-likeness (QED) is 0.584. The van der Waals surface area contributed by atoms with Crippen LogP contribution in [-0.2, 0) is 4.79 Å². The van der Waals surface area contributed by atoms with Crippen LogP contribution in [0.2, 0.25) is 0 Å². The topological polar surface area (TPSA) is 29.4 Å². The number of allylic oxidation sites excluding steroid dienone is 2. The third-order valence-corrected chi connectivity index (χ3v) is 3.45. The van der Waals surface area contributed by atoms with Crippen LogP contribution in [-0.4, -0.2) is 18.5 Å². The molecule has 0 atom stereocenters. The van der Waals surface area contributed by atoms with Gasteiger partial charge in [-0.05, 0) is 51.0 Å². The maximum Gasteiger partial charge on any atom is 0.132 e. The fourth-order valence-electron chi connectivity index (χ4n) is 2.27. The van der Waals surface area contributed by atoms with E-state index in [-0.39, 0.29) is 0 Å². The summed E-state index contributed by atoms with van der Waals surface area (Å²) in [5, 5.41) is 0. The molecule has 0 unspecified atom stereocenters. The van der Waals surface area contributed by atoms with Crippen molar-refractivity contribution in [3.05, 3.63) is 11.1 Å². The van der Waals surface area contributed by atoms with Crippen LogP contribution in [0.25, 0.3) is 0 Å². The highest BCUT2D eigenvalue weighted by Crippen LogP contribution is 2.32. The van der Waals surface area contributed by atoms with Crippen LogP contribution in [0.3, 0.4) is 0 Å². The summed E-state index contributed by atoms with van der Waals surface area (Å²) in [6.45, 7) is 16.7. The van der Waals surface area contributed by atoms with Crippen LogP contribution in [0.1, 0.15) is 81.1 Å². The Bertz CT molecular complexity index is 343. The molecule has 1 aliphatic carbocycles. The van der Waals surface area contributed by atoms with E-state index >= 15 is 0 Å². The zero-order valence-corrected chi connectivity index (χ0v) is 15.8. The third kappa shape index (κ3) is 11.4. The highest BCUT2D eigenvalue weighted by molar-refractivity contribution is 5.99. The Labute approximate surface area is 133 Å². The van der Waals surface area contributed by atoms with E-state index in [9.17, 15) is 4.79 Å². The van der Waals surface area contributed by atoms with Crippen molar-refractivity contribution in [1.82, 2.24) is 0 Å². The van der Waals surface area contributed by atoms with Gasteiger partial charge in [0.05, 0.1) is 0 Å². The molecule has 2 nitrogen and oxygen atoms in total. The van der Waals surface area contributed by atoms with Gasteiger partial charge < -0.3 is 0 Å². The van der Waals surface area contributed by atoms with Gasteiger partial charge in [0.15, 0.2) is 0 Å². The van der Waals surface area contributed by atoms with Gasteiger partial charge in [0.2, 0.25) is 0 Å². The van der Waals surface area contributed by atoms with E-state index < -0.39 is 0 Å². The zero-order valence-electron chi connectivity index (χ0n) is 15.8. The summed E-state index contributed by atoms with van der Waals surface area (Å²) in [5.74, 6) is 1.80. The number of nitrogens with zero attached hydrogens (tertiary/aromatic N) is 1. The van der Waals surface area contributed by atoms with Crippen LogP contribution in [0.4, 0.5) is 0 Å². The lowest BCUT2D eigenvalue weighted by Gasteiger charge is -2.12. The van der Waals surface area contributed by atoms with E-state index in [1.807, 2.05) is 27.8 Å². The van der Waals surface area contributed by atoms with Crippen molar-refractivity contribution in [3.63, 3.8) is 0 Å². The van der Waals surface area contributed by atoms with Crippen LogP contribution in [0.5, 0.6) is 0 Å². The van der Waals surface area contributed by atoms with Crippen molar-refractivity contribution in [2.45, 2.75) is 81.1 Å². The van der Waals surface area contributed by atoms with Crippen LogP contribution < -0.4 is 0 Å². The Balaban J connectivity index is 0. The van der Waals surface area contributed by atoms with Crippen LogP contribution in [0, 0.1) is 11.8 Å². The molecule has 0 saturated heterocycles. The first kappa shape index (κ1) is 22.4. The molecule has 1 fully saturated rings. The summed E-state index contributed by atoms with van der Waals surface area (Å²) in [4.78, 5) is 14.9. The number of carbonyl (C=O) groups is 1. The Morgan fingerprint density at radius 3 is 1.81 bits per heavy atom. The van der Waals surface area contributed by atoms with E-state index in [0.29, 0.717) is 11.7 Å². The molecule has 21 heavy (non-hydrogen) atoms. The second kappa shape index (κ2) is 12.8. The molecule has 0 amide bonds. The van der Waals surface area contributed by atoms with Crippen molar-refractivity contribution in [2.24, 2.45) is 16.8 Å². The summed E-state index contributed by atoms with van der Waals surface area (Å²) < 4.78 is 0. The van der Waals surface area contributed by atoms with E-state index in [0.717, 1.165) is 18.8 Å². The largest absolute Gasteiger partial charge is 0.300 e. The highest BCUT2D eigenvalue weighted by atomic mass is 16.1. The smallest absolute Gasteiger partial charge is 0.132 e. The summed E-state index contributed by atoms with van der Waals surface area (Å²) in [6, 6.07) is 0. The first-order chi connectivity index (χ1) is 9.83. The van der Waals surface area contributed by atoms with Crippen molar-refractivity contribution < 1.29 is 4.79 Å². The minimum atomic E-state index is 0.438. The molecule has 0 spiro atoms. The molecule has 0 radical (unpaired) electrons. The molecule has 0 aliphatic heterocycles. The molecule has 0 heterocycles. The molecule has 1 aliphatic rings. The molecule has 1 rings (SSSR count). The molecule has 124 valence electrons. The van der Waals surface area contributed by atoms with Gasteiger partial charge in [-0.25, -0.2) is 0 Å². The van der Waals surface area contributed by atoms with Gasteiger partial charge >= 0.3 is 0 Å². The van der Waals surface area contributed by atoms with Gasteiger partial charge in [-0.3, -0.25) is 9.79 Å². The van der Waals surface area contributed by atoms with E-state index in [2.05, 4.69) is 39.6 Å². The summed E-state index contributed by atoms with van der Waals surface area (Å²) >= 11 is 0. The normalized spacial score (nSPS) is 13.7. The fourth-order valence-corrected chi connectivity index (χ4v) is 2.27. The minimum Gasteiger partial charge on any atom is -0.300 e. The lowest BCUT2D eigenvalue weighted by atomic mass is 9.95. The number of carbonyl (C=O) groups excluding carboxylic acids is 1. The van der Waals surface area contributed by atoms with Crippen molar-refractivity contribution in [2.75, 3.05) is 7.05 Å². The SMILES string of the molecule is CC.CCC(=O)CC1CC1.CN=C(C)C(=C(C)C)C(C)C. The second-order valence-electron chi connectivity index (χ2n) is 5.92. The number of hydrogen-bond donors (Lipinski definition) is 0. The van der Waals surface area contributed by atoms with Gasteiger partial charge in [-0.1, -0.05) is 40.2 Å². The Kier molecular flexibility index (Phi) is 13.6. The van der Waals surface area contributed by atoms with Gasteiger partial charge in [0.25, 0.3) is 0 Å². The molecule has 0 aromatic rings. The average Bonchev–Trinajstić information content (AvgIpc) is 3.24. The molecular weight excluding hydrogens is 258 g/mol. The summed E-state index contributed by atoms with van der Waals surface area (Å²) in [7, 11) is 1.85. The minimum absolute atomic E-state index is 0.438. The number of ketones is 1. The first-order valence-corrected chi connectivity index (χ1v) is 8.46. The molecule has 0 N–H and O–H groups in total. The second-order valence-corrected chi connectivity index (χ2v) is 5.92. The predicted molar refractivity (Wildman–Crippen MR) is 96.2 cm³/mol. The lowest BCUT2D eigenvalue weighted by Crippen LogP contribution is -2.06. The molecule has 1 saturated carbocycles. The molecular formula is C19H37NO.